The first-order chi connectivity index (χ1) is 9.06. The summed E-state index contributed by atoms with van der Waals surface area (Å²) in [4.78, 5) is 23.9. The van der Waals surface area contributed by atoms with Gasteiger partial charge in [-0.1, -0.05) is 0 Å². The number of hydrogen-bond acceptors (Lipinski definition) is 4. The Bertz CT molecular complexity index is 478. The van der Waals surface area contributed by atoms with Crippen molar-refractivity contribution >= 4 is 40.0 Å². The van der Waals surface area contributed by atoms with Crippen LogP contribution in [0.2, 0.25) is 0 Å². The number of thiophene rings is 1. The Morgan fingerprint density at radius 2 is 2.11 bits per heavy atom. The number of anilines is 1. The third kappa shape index (κ3) is 3.98. The number of nitrogens with one attached hydrogen (secondary N) is 1. The molecule has 1 amide bonds. The van der Waals surface area contributed by atoms with Crippen molar-refractivity contribution in [1.29, 1.82) is 0 Å². The van der Waals surface area contributed by atoms with Crippen LogP contribution in [0.5, 0.6) is 0 Å². The largest absolute Gasteiger partial charge is 0.478 e. The summed E-state index contributed by atoms with van der Waals surface area (Å²) in [5.41, 5.74) is 0.190. The van der Waals surface area contributed by atoms with Crippen LogP contribution in [0.15, 0.2) is 6.07 Å². The summed E-state index contributed by atoms with van der Waals surface area (Å²) in [6.07, 6.45) is 2.65. The number of amides is 1. The van der Waals surface area contributed by atoms with E-state index in [4.69, 9.17) is 5.11 Å². The second-order valence-corrected chi connectivity index (χ2v) is 7.19. The highest BCUT2D eigenvalue weighted by Gasteiger charge is 2.20. The van der Waals surface area contributed by atoms with Gasteiger partial charge in [0.05, 0.1) is 5.56 Å². The smallest absolute Gasteiger partial charge is 0.338 e. The van der Waals surface area contributed by atoms with Crippen molar-refractivity contribution < 1.29 is 14.7 Å². The molecule has 0 radical (unpaired) electrons. The van der Waals surface area contributed by atoms with Gasteiger partial charge >= 0.3 is 5.97 Å². The number of thioether (sulfide) groups is 1. The van der Waals surface area contributed by atoms with E-state index in [1.807, 2.05) is 18.7 Å². The summed E-state index contributed by atoms with van der Waals surface area (Å²) in [6, 6.07) is 1.60. The highest BCUT2D eigenvalue weighted by atomic mass is 32.2. The molecule has 1 aliphatic rings. The molecule has 0 aromatic carbocycles. The fourth-order valence-corrected chi connectivity index (χ4v) is 4.28. The summed E-state index contributed by atoms with van der Waals surface area (Å²) >= 11 is 3.25. The fraction of sp³-hybridized carbons (Fsp3) is 0.538. The SMILES string of the molecule is Cc1cc(C(=O)O)c(NC(=O)CC2CCSCC2)s1. The predicted molar refractivity (Wildman–Crippen MR) is 79.3 cm³/mol. The molecule has 0 atom stereocenters. The van der Waals surface area contributed by atoms with Gasteiger partial charge in [0.1, 0.15) is 5.00 Å². The van der Waals surface area contributed by atoms with Gasteiger partial charge in [-0.2, -0.15) is 11.8 Å². The van der Waals surface area contributed by atoms with Crippen LogP contribution >= 0.6 is 23.1 Å². The van der Waals surface area contributed by atoms with Gasteiger partial charge in [0.15, 0.2) is 0 Å². The third-order valence-electron chi connectivity index (χ3n) is 3.15. The Hall–Kier alpha value is -1.01. The molecule has 0 aliphatic carbocycles. The molecule has 0 saturated carbocycles. The van der Waals surface area contributed by atoms with Crippen molar-refractivity contribution in [3.63, 3.8) is 0 Å². The second-order valence-electron chi connectivity index (χ2n) is 4.71. The molecule has 2 rings (SSSR count). The lowest BCUT2D eigenvalue weighted by Gasteiger charge is -2.20. The number of aromatic carboxylic acids is 1. The number of aryl methyl sites for hydroxylation is 1. The molecule has 1 aromatic rings. The van der Waals surface area contributed by atoms with Crippen LogP contribution in [0.3, 0.4) is 0 Å². The molecule has 0 spiro atoms. The molecule has 19 heavy (non-hydrogen) atoms. The zero-order valence-electron chi connectivity index (χ0n) is 10.8. The van der Waals surface area contributed by atoms with E-state index in [1.165, 1.54) is 11.3 Å². The number of carboxylic acids is 1. The van der Waals surface area contributed by atoms with E-state index in [0.29, 0.717) is 17.3 Å². The number of hydrogen-bond donors (Lipinski definition) is 2. The van der Waals surface area contributed by atoms with Crippen LogP contribution in [-0.2, 0) is 4.79 Å². The number of rotatable bonds is 4. The lowest BCUT2D eigenvalue weighted by molar-refractivity contribution is -0.117. The third-order valence-corrected chi connectivity index (χ3v) is 5.17. The molecule has 2 heterocycles. The normalized spacial score (nSPS) is 16.3. The molecule has 6 heteroatoms. The fourth-order valence-electron chi connectivity index (χ4n) is 2.16. The van der Waals surface area contributed by atoms with Gasteiger partial charge in [0.25, 0.3) is 0 Å². The number of carboxylic acid groups (broad SMARTS) is 1. The van der Waals surface area contributed by atoms with E-state index in [-0.39, 0.29) is 11.5 Å². The lowest BCUT2D eigenvalue weighted by Crippen LogP contribution is -2.20. The Kier molecular flexibility index (Phi) is 4.87. The van der Waals surface area contributed by atoms with Crippen LogP contribution in [0.25, 0.3) is 0 Å². The lowest BCUT2D eigenvalue weighted by atomic mass is 9.98. The molecule has 1 aliphatic heterocycles. The van der Waals surface area contributed by atoms with E-state index in [1.54, 1.807) is 6.07 Å². The highest BCUT2D eigenvalue weighted by molar-refractivity contribution is 7.99. The average Bonchev–Trinajstić information content (AvgIpc) is 2.71. The topological polar surface area (TPSA) is 66.4 Å². The Balaban J connectivity index is 1.96. The maximum atomic E-state index is 12.0. The minimum atomic E-state index is -0.992. The first-order valence-electron chi connectivity index (χ1n) is 6.27. The number of carbonyl (C=O) groups is 2. The van der Waals surface area contributed by atoms with Crippen LogP contribution in [0.1, 0.15) is 34.5 Å². The summed E-state index contributed by atoms with van der Waals surface area (Å²) in [5, 5.41) is 12.3. The van der Waals surface area contributed by atoms with E-state index in [0.717, 1.165) is 29.2 Å². The molecular weight excluding hydrogens is 282 g/mol. The first kappa shape index (κ1) is 14.4. The summed E-state index contributed by atoms with van der Waals surface area (Å²) < 4.78 is 0. The van der Waals surface area contributed by atoms with Gasteiger partial charge in [-0.3, -0.25) is 4.79 Å². The minimum Gasteiger partial charge on any atom is -0.478 e. The molecule has 104 valence electrons. The number of carbonyl (C=O) groups excluding carboxylic acids is 1. The van der Waals surface area contributed by atoms with Gasteiger partial charge in [-0.15, -0.1) is 11.3 Å². The average molecular weight is 299 g/mol. The molecule has 4 nitrogen and oxygen atoms in total. The minimum absolute atomic E-state index is 0.0683. The summed E-state index contributed by atoms with van der Waals surface area (Å²) in [5.74, 6) is 1.62. The van der Waals surface area contributed by atoms with Crippen molar-refractivity contribution in [2.45, 2.75) is 26.2 Å². The summed E-state index contributed by atoms with van der Waals surface area (Å²) in [7, 11) is 0. The van der Waals surface area contributed by atoms with Crippen molar-refractivity contribution in [2.75, 3.05) is 16.8 Å². The zero-order valence-corrected chi connectivity index (χ0v) is 12.4. The van der Waals surface area contributed by atoms with Crippen LogP contribution < -0.4 is 5.32 Å². The van der Waals surface area contributed by atoms with Gasteiger partial charge in [-0.25, -0.2) is 4.79 Å². The monoisotopic (exact) mass is 299 g/mol. The van der Waals surface area contributed by atoms with Gasteiger partial charge in [0, 0.05) is 11.3 Å². The Morgan fingerprint density at radius 3 is 2.74 bits per heavy atom. The summed E-state index contributed by atoms with van der Waals surface area (Å²) in [6.45, 7) is 1.84. The van der Waals surface area contributed by atoms with Crippen molar-refractivity contribution in [1.82, 2.24) is 0 Å². The molecule has 1 fully saturated rings. The Labute approximate surface area is 120 Å². The second kappa shape index (κ2) is 6.43. The van der Waals surface area contributed by atoms with E-state index in [9.17, 15) is 9.59 Å². The molecule has 2 N–H and O–H groups in total. The first-order valence-corrected chi connectivity index (χ1v) is 8.24. The van der Waals surface area contributed by atoms with Crippen molar-refractivity contribution in [2.24, 2.45) is 5.92 Å². The molecule has 1 saturated heterocycles. The van der Waals surface area contributed by atoms with E-state index >= 15 is 0 Å². The Morgan fingerprint density at radius 1 is 1.42 bits per heavy atom. The van der Waals surface area contributed by atoms with Crippen molar-refractivity contribution in [3.05, 3.63) is 16.5 Å². The van der Waals surface area contributed by atoms with Crippen LogP contribution in [-0.4, -0.2) is 28.5 Å². The maximum Gasteiger partial charge on any atom is 0.338 e. The van der Waals surface area contributed by atoms with Gasteiger partial charge in [-0.05, 0) is 43.3 Å². The van der Waals surface area contributed by atoms with E-state index < -0.39 is 5.97 Å². The standard InChI is InChI=1S/C13H17NO3S2/c1-8-6-10(13(16)17)12(19-8)14-11(15)7-9-2-4-18-5-3-9/h6,9H,2-5,7H2,1H3,(H,14,15)(H,16,17). The molecule has 0 bridgehead atoms. The predicted octanol–water partition coefficient (Wildman–Crippen LogP) is 3.23. The van der Waals surface area contributed by atoms with Crippen molar-refractivity contribution in [3.8, 4) is 0 Å². The van der Waals surface area contributed by atoms with Crippen LogP contribution in [0.4, 0.5) is 5.00 Å². The maximum absolute atomic E-state index is 12.0. The van der Waals surface area contributed by atoms with Crippen LogP contribution in [0, 0.1) is 12.8 Å². The molecule has 1 aromatic heterocycles. The van der Waals surface area contributed by atoms with Gasteiger partial charge < -0.3 is 10.4 Å². The van der Waals surface area contributed by atoms with E-state index in [2.05, 4.69) is 5.32 Å². The van der Waals surface area contributed by atoms with Gasteiger partial charge in [0.2, 0.25) is 5.91 Å². The molecule has 0 unspecified atom stereocenters. The quantitative estimate of drug-likeness (QED) is 0.896. The molecular formula is C13H17NO3S2. The highest BCUT2D eigenvalue weighted by Crippen LogP contribution is 2.29. The zero-order chi connectivity index (χ0) is 13.8.